The first kappa shape index (κ1) is 28.9. The molecule has 4 N–H and O–H groups in total. The number of benzene rings is 2. The van der Waals surface area contributed by atoms with Crippen LogP contribution in [0.5, 0.6) is 17.2 Å². The highest BCUT2D eigenvalue weighted by atomic mass is 16.7. The Kier molecular flexibility index (Phi) is 8.25. The van der Waals surface area contributed by atoms with Gasteiger partial charge in [-0.25, -0.2) is 9.69 Å². The minimum atomic E-state index is -1.45. The molecule has 0 spiro atoms. The molecule has 0 aromatic heterocycles. The van der Waals surface area contributed by atoms with Crippen molar-refractivity contribution in [2.75, 3.05) is 25.7 Å². The fourth-order valence-electron chi connectivity index (χ4n) is 5.39. The lowest BCUT2D eigenvalue weighted by molar-refractivity contribution is -0.268. The van der Waals surface area contributed by atoms with Gasteiger partial charge in [0.15, 0.2) is 17.7 Å². The number of hydrogen-bond donors (Lipinski definition) is 4. The Morgan fingerprint density at radius 3 is 2.37 bits per heavy atom. The van der Waals surface area contributed by atoms with Gasteiger partial charge in [-0.15, -0.1) is 0 Å². The topological polar surface area (TPSA) is 168 Å². The van der Waals surface area contributed by atoms with Gasteiger partial charge >= 0.3 is 6.09 Å². The van der Waals surface area contributed by atoms with E-state index in [1.54, 1.807) is 36.1 Å². The molecule has 41 heavy (non-hydrogen) atoms. The van der Waals surface area contributed by atoms with Crippen LogP contribution in [-0.2, 0) is 16.1 Å². The van der Waals surface area contributed by atoms with Crippen LogP contribution in [0.4, 0.5) is 10.5 Å². The molecule has 222 valence electrons. The molecule has 2 aromatic rings. The molecule has 7 atom stereocenters. The van der Waals surface area contributed by atoms with Crippen LogP contribution in [-0.4, -0.2) is 101 Å². The molecule has 2 amide bonds. The van der Waals surface area contributed by atoms with Crippen molar-refractivity contribution < 1.29 is 53.7 Å². The lowest BCUT2D eigenvalue weighted by atomic mass is 10.00. The van der Waals surface area contributed by atoms with Crippen LogP contribution in [0.15, 0.2) is 36.4 Å². The van der Waals surface area contributed by atoms with Crippen LogP contribution in [0.3, 0.4) is 0 Å². The van der Waals surface area contributed by atoms with Gasteiger partial charge in [-0.05, 0) is 43.5 Å². The van der Waals surface area contributed by atoms with Crippen LogP contribution in [0.1, 0.15) is 35.7 Å². The molecule has 3 heterocycles. The summed E-state index contributed by atoms with van der Waals surface area (Å²) in [6.45, 7) is 1.85. The summed E-state index contributed by atoms with van der Waals surface area (Å²) < 4.78 is 27.4. The molecule has 1 unspecified atom stereocenters. The SMILES string of the molecule is COc1cc2c(cc1OC)N(C(=O)OCc1ccc(O[C@@H]3O[C@@H](C)[C@@H](O)[C@@H](O)[C@@H]3O)cc1)C(O)[C@@H]1CCCN1C2=O. The molecular formula is C28H34N2O11. The van der Waals surface area contributed by atoms with Crippen molar-refractivity contribution >= 4 is 17.7 Å². The number of fused-ring (bicyclic) bond motifs is 2. The summed E-state index contributed by atoms with van der Waals surface area (Å²) in [5.74, 6) is 0.591. The second kappa shape index (κ2) is 11.7. The standard InChI is InChI=1S/C28H34N2O11/c1-14-22(31)23(32)24(33)27(40-14)41-16-8-6-15(7-9-16)13-39-28(36)30-19-12-21(38-3)20(37-2)11-17(19)25(34)29-10-4-5-18(29)26(30)35/h6-9,11-12,14,18,22-24,26-27,31-33,35H,4-5,10,13H2,1-3H3/t14-,18-,22+,23+,24-,26?,27-/m0/s1. The quantitative estimate of drug-likeness (QED) is 0.388. The highest BCUT2D eigenvalue weighted by molar-refractivity contribution is 6.06. The Bertz CT molecular complexity index is 1270. The molecule has 13 nitrogen and oxygen atoms in total. The largest absolute Gasteiger partial charge is 0.493 e. The maximum atomic E-state index is 13.4. The molecular weight excluding hydrogens is 540 g/mol. The van der Waals surface area contributed by atoms with Crippen LogP contribution in [0.2, 0.25) is 0 Å². The summed E-state index contributed by atoms with van der Waals surface area (Å²) in [5.41, 5.74) is 0.926. The highest BCUT2D eigenvalue weighted by Crippen LogP contribution is 2.41. The van der Waals surface area contributed by atoms with E-state index < -0.39 is 49.1 Å². The number of aliphatic hydroxyl groups excluding tert-OH is 4. The summed E-state index contributed by atoms with van der Waals surface area (Å²) in [4.78, 5) is 29.5. The van der Waals surface area contributed by atoms with E-state index in [4.69, 9.17) is 23.7 Å². The van der Waals surface area contributed by atoms with Crippen molar-refractivity contribution in [2.24, 2.45) is 0 Å². The van der Waals surface area contributed by atoms with Crippen LogP contribution < -0.4 is 19.1 Å². The first-order valence-electron chi connectivity index (χ1n) is 13.3. The molecule has 13 heteroatoms. The van der Waals surface area contributed by atoms with E-state index in [-0.39, 0.29) is 29.5 Å². The van der Waals surface area contributed by atoms with E-state index in [2.05, 4.69) is 0 Å². The first-order valence-corrected chi connectivity index (χ1v) is 13.3. The van der Waals surface area contributed by atoms with E-state index in [1.165, 1.54) is 26.4 Å². The monoisotopic (exact) mass is 574 g/mol. The fourth-order valence-corrected chi connectivity index (χ4v) is 5.39. The Balaban J connectivity index is 1.32. The Morgan fingerprint density at radius 2 is 1.68 bits per heavy atom. The van der Waals surface area contributed by atoms with Gasteiger partial charge in [0, 0.05) is 12.6 Å². The Labute approximate surface area is 236 Å². The highest BCUT2D eigenvalue weighted by Gasteiger charge is 2.46. The summed E-state index contributed by atoms with van der Waals surface area (Å²) in [6, 6.07) is 8.79. The molecule has 0 bridgehead atoms. The number of methoxy groups -OCH3 is 2. The number of nitrogens with zero attached hydrogens (tertiary/aromatic N) is 2. The van der Waals surface area contributed by atoms with Gasteiger partial charge in [-0.3, -0.25) is 4.79 Å². The third-order valence-electron chi connectivity index (χ3n) is 7.70. The molecule has 0 radical (unpaired) electrons. The molecule has 2 saturated heterocycles. The van der Waals surface area contributed by atoms with Crippen LogP contribution in [0, 0.1) is 0 Å². The van der Waals surface area contributed by atoms with Crippen molar-refractivity contribution in [3.05, 3.63) is 47.5 Å². The number of carbonyl (C=O) groups is 2. The zero-order valence-electron chi connectivity index (χ0n) is 22.9. The van der Waals surface area contributed by atoms with Gasteiger partial charge in [0.05, 0.1) is 37.6 Å². The van der Waals surface area contributed by atoms with Crippen molar-refractivity contribution in [2.45, 2.75) is 69.3 Å². The number of ether oxygens (including phenoxy) is 5. The van der Waals surface area contributed by atoms with Gasteiger partial charge in [0.25, 0.3) is 5.91 Å². The van der Waals surface area contributed by atoms with Crippen molar-refractivity contribution in [3.8, 4) is 17.2 Å². The number of aliphatic hydroxyl groups is 4. The van der Waals surface area contributed by atoms with Crippen molar-refractivity contribution in [3.63, 3.8) is 0 Å². The molecule has 2 fully saturated rings. The number of hydrogen-bond acceptors (Lipinski definition) is 11. The number of rotatable bonds is 6. The Morgan fingerprint density at radius 1 is 1.00 bits per heavy atom. The average Bonchev–Trinajstić information content (AvgIpc) is 3.45. The van der Waals surface area contributed by atoms with Gasteiger partial charge < -0.3 is 49.0 Å². The van der Waals surface area contributed by atoms with Crippen LogP contribution in [0.25, 0.3) is 0 Å². The van der Waals surface area contributed by atoms with E-state index in [9.17, 15) is 30.0 Å². The number of amides is 2. The normalized spacial score (nSPS) is 29.3. The summed E-state index contributed by atoms with van der Waals surface area (Å²) in [6.07, 6.45) is -7.04. The van der Waals surface area contributed by atoms with Gasteiger partial charge in [0.1, 0.15) is 30.7 Å². The van der Waals surface area contributed by atoms with E-state index >= 15 is 0 Å². The predicted molar refractivity (Wildman–Crippen MR) is 142 cm³/mol. The minimum absolute atomic E-state index is 0.149. The van der Waals surface area contributed by atoms with Gasteiger partial charge in [0.2, 0.25) is 6.29 Å². The smallest absolute Gasteiger partial charge is 0.416 e. The van der Waals surface area contributed by atoms with E-state index in [0.29, 0.717) is 36.4 Å². The summed E-state index contributed by atoms with van der Waals surface area (Å²) >= 11 is 0. The lowest BCUT2D eigenvalue weighted by Crippen LogP contribution is -2.58. The maximum absolute atomic E-state index is 13.4. The summed E-state index contributed by atoms with van der Waals surface area (Å²) in [7, 11) is 2.88. The lowest BCUT2D eigenvalue weighted by Gasteiger charge is -2.38. The summed E-state index contributed by atoms with van der Waals surface area (Å²) in [5, 5.41) is 41.3. The molecule has 0 saturated carbocycles. The van der Waals surface area contributed by atoms with Gasteiger partial charge in [-0.1, -0.05) is 12.1 Å². The number of anilines is 1. The molecule has 0 aliphatic carbocycles. The van der Waals surface area contributed by atoms with E-state index in [0.717, 1.165) is 4.90 Å². The predicted octanol–water partition coefficient (Wildman–Crippen LogP) is 0.990. The molecule has 5 rings (SSSR count). The first-order chi connectivity index (χ1) is 19.6. The average molecular weight is 575 g/mol. The molecule has 2 aromatic carbocycles. The third-order valence-corrected chi connectivity index (χ3v) is 7.70. The van der Waals surface area contributed by atoms with Crippen LogP contribution >= 0.6 is 0 Å². The zero-order chi connectivity index (χ0) is 29.4. The second-order valence-corrected chi connectivity index (χ2v) is 10.2. The Hall–Kier alpha value is -3.62. The van der Waals surface area contributed by atoms with E-state index in [1.807, 2.05) is 0 Å². The van der Waals surface area contributed by atoms with Crippen molar-refractivity contribution in [1.82, 2.24) is 4.90 Å². The second-order valence-electron chi connectivity index (χ2n) is 10.2. The molecule has 3 aliphatic heterocycles. The van der Waals surface area contributed by atoms with Gasteiger partial charge in [-0.2, -0.15) is 0 Å². The molecule has 3 aliphatic rings. The maximum Gasteiger partial charge on any atom is 0.416 e. The fraction of sp³-hybridized carbons (Fsp3) is 0.500. The number of carbonyl (C=O) groups excluding carboxylic acids is 2. The third kappa shape index (κ3) is 5.38. The van der Waals surface area contributed by atoms with Crippen molar-refractivity contribution in [1.29, 1.82) is 0 Å². The minimum Gasteiger partial charge on any atom is -0.493 e. The zero-order valence-corrected chi connectivity index (χ0v) is 22.9.